The first-order valence-corrected chi connectivity index (χ1v) is 5.66. The van der Waals surface area contributed by atoms with Crippen LogP contribution in [0.3, 0.4) is 0 Å². The van der Waals surface area contributed by atoms with E-state index in [0.29, 0.717) is 6.04 Å². The summed E-state index contributed by atoms with van der Waals surface area (Å²) in [5, 5.41) is 3.35. The van der Waals surface area contributed by atoms with Crippen LogP contribution in [0.25, 0.3) is 0 Å². The third-order valence-electron chi connectivity index (χ3n) is 2.93. The van der Waals surface area contributed by atoms with Crippen molar-refractivity contribution in [2.75, 3.05) is 20.6 Å². The van der Waals surface area contributed by atoms with Crippen LogP contribution in [0.15, 0.2) is 0 Å². The Kier molecular flexibility index (Phi) is 4.11. The molecule has 0 radical (unpaired) electrons. The lowest BCUT2D eigenvalue weighted by Gasteiger charge is -2.28. The average Bonchev–Trinajstić information content (AvgIpc) is 2.87. The van der Waals surface area contributed by atoms with Gasteiger partial charge in [-0.15, -0.1) is 0 Å². The molecule has 0 spiro atoms. The van der Waals surface area contributed by atoms with E-state index >= 15 is 0 Å². The van der Waals surface area contributed by atoms with Crippen molar-refractivity contribution in [1.82, 2.24) is 10.2 Å². The molecule has 0 aliphatic heterocycles. The Balaban J connectivity index is 2.37. The standard InChI is InChI=1S/C11H23N3O/c1-11(10(12)15,13-9-5-6-9)7-4-8-14(2)3/h9,13H,4-8H2,1-3H3,(H2,12,15). The van der Waals surface area contributed by atoms with E-state index in [9.17, 15) is 4.79 Å². The van der Waals surface area contributed by atoms with Gasteiger partial charge in [-0.3, -0.25) is 4.79 Å². The molecule has 0 saturated heterocycles. The lowest BCUT2D eigenvalue weighted by Crippen LogP contribution is -2.54. The van der Waals surface area contributed by atoms with Gasteiger partial charge in [0, 0.05) is 6.04 Å². The lowest BCUT2D eigenvalue weighted by atomic mass is 9.94. The molecule has 15 heavy (non-hydrogen) atoms. The molecule has 1 unspecified atom stereocenters. The number of hydrogen-bond donors (Lipinski definition) is 2. The Morgan fingerprint density at radius 2 is 2.13 bits per heavy atom. The average molecular weight is 213 g/mol. The molecule has 1 rings (SSSR count). The van der Waals surface area contributed by atoms with Gasteiger partial charge in [-0.1, -0.05) is 0 Å². The van der Waals surface area contributed by atoms with Crippen LogP contribution in [-0.2, 0) is 4.79 Å². The number of nitrogens with two attached hydrogens (primary N) is 1. The zero-order valence-electron chi connectivity index (χ0n) is 10.0. The largest absolute Gasteiger partial charge is 0.368 e. The molecule has 0 bridgehead atoms. The Labute approximate surface area is 92.2 Å². The first kappa shape index (κ1) is 12.5. The number of primary amides is 1. The van der Waals surface area contributed by atoms with E-state index in [1.807, 2.05) is 21.0 Å². The van der Waals surface area contributed by atoms with E-state index in [4.69, 9.17) is 5.73 Å². The van der Waals surface area contributed by atoms with Gasteiger partial charge in [0.1, 0.15) is 0 Å². The van der Waals surface area contributed by atoms with Crippen LogP contribution in [0.4, 0.5) is 0 Å². The maximum absolute atomic E-state index is 11.4. The molecule has 4 nitrogen and oxygen atoms in total. The van der Waals surface area contributed by atoms with Crippen molar-refractivity contribution in [3.8, 4) is 0 Å². The molecule has 1 aliphatic rings. The van der Waals surface area contributed by atoms with E-state index in [1.165, 1.54) is 12.8 Å². The monoisotopic (exact) mass is 213 g/mol. The van der Waals surface area contributed by atoms with Gasteiger partial charge in [-0.25, -0.2) is 0 Å². The summed E-state index contributed by atoms with van der Waals surface area (Å²) in [4.78, 5) is 13.5. The smallest absolute Gasteiger partial charge is 0.237 e. The highest BCUT2D eigenvalue weighted by Gasteiger charge is 2.36. The fourth-order valence-corrected chi connectivity index (χ4v) is 1.69. The maximum atomic E-state index is 11.4. The Morgan fingerprint density at radius 3 is 2.53 bits per heavy atom. The minimum Gasteiger partial charge on any atom is -0.368 e. The van der Waals surface area contributed by atoms with Gasteiger partial charge in [0.25, 0.3) is 0 Å². The van der Waals surface area contributed by atoms with Crippen molar-refractivity contribution >= 4 is 5.91 Å². The van der Waals surface area contributed by atoms with Gasteiger partial charge >= 0.3 is 0 Å². The van der Waals surface area contributed by atoms with Crippen molar-refractivity contribution in [3.05, 3.63) is 0 Å². The van der Waals surface area contributed by atoms with Gasteiger partial charge in [-0.2, -0.15) is 0 Å². The van der Waals surface area contributed by atoms with E-state index in [-0.39, 0.29) is 5.91 Å². The zero-order valence-corrected chi connectivity index (χ0v) is 10.0. The molecule has 0 aromatic heterocycles. The number of nitrogens with one attached hydrogen (secondary N) is 1. The number of carbonyl (C=O) groups is 1. The fraction of sp³-hybridized carbons (Fsp3) is 0.909. The van der Waals surface area contributed by atoms with Crippen LogP contribution < -0.4 is 11.1 Å². The Bertz CT molecular complexity index is 226. The molecular formula is C11H23N3O. The van der Waals surface area contributed by atoms with Crippen molar-refractivity contribution in [2.24, 2.45) is 5.73 Å². The molecule has 3 N–H and O–H groups in total. The summed E-state index contributed by atoms with van der Waals surface area (Å²) in [5.41, 5.74) is 4.93. The first-order valence-electron chi connectivity index (χ1n) is 5.66. The van der Waals surface area contributed by atoms with E-state index in [0.717, 1.165) is 19.4 Å². The summed E-state index contributed by atoms with van der Waals surface area (Å²) >= 11 is 0. The molecule has 88 valence electrons. The number of amides is 1. The van der Waals surface area contributed by atoms with Gasteiger partial charge in [0.05, 0.1) is 5.54 Å². The Hall–Kier alpha value is -0.610. The second-order valence-electron chi connectivity index (χ2n) is 5.02. The summed E-state index contributed by atoms with van der Waals surface area (Å²) in [6.07, 6.45) is 4.16. The van der Waals surface area contributed by atoms with Crippen LogP contribution in [0.5, 0.6) is 0 Å². The fourth-order valence-electron chi connectivity index (χ4n) is 1.69. The van der Waals surface area contributed by atoms with Crippen molar-refractivity contribution in [1.29, 1.82) is 0 Å². The molecule has 0 heterocycles. The second-order valence-corrected chi connectivity index (χ2v) is 5.02. The van der Waals surface area contributed by atoms with E-state index in [2.05, 4.69) is 10.2 Å². The first-order chi connectivity index (χ1) is 6.94. The molecular weight excluding hydrogens is 190 g/mol. The molecule has 1 amide bonds. The van der Waals surface area contributed by atoms with E-state index < -0.39 is 5.54 Å². The minimum absolute atomic E-state index is 0.229. The van der Waals surface area contributed by atoms with Gasteiger partial charge in [0.2, 0.25) is 5.91 Å². The van der Waals surface area contributed by atoms with Crippen LogP contribution >= 0.6 is 0 Å². The number of rotatable bonds is 7. The summed E-state index contributed by atoms with van der Waals surface area (Å²) in [6, 6.07) is 0.516. The summed E-state index contributed by atoms with van der Waals surface area (Å²) in [6.45, 7) is 2.92. The van der Waals surface area contributed by atoms with Crippen molar-refractivity contribution in [2.45, 2.75) is 44.2 Å². The zero-order chi connectivity index (χ0) is 11.5. The van der Waals surface area contributed by atoms with Crippen LogP contribution in [0, 0.1) is 0 Å². The number of nitrogens with zero attached hydrogens (tertiary/aromatic N) is 1. The van der Waals surface area contributed by atoms with Crippen molar-refractivity contribution < 1.29 is 4.79 Å². The third-order valence-corrected chi connectivity index (χ3v) is 2.93. The Morgan fingerprint density at radius 1 is 1.53 bits per heavy atom. The third kappa shape index (κ3) is 4.18. The molecule has 1 atom stereocenters. The maximum Gasteiger partial charge on any atom is 0.237 e. The van der Waals surface area contributed by atoms with Gasteiger partial charge in [0.15, 0.2) is 0 Å². The van der Waals surface area contributed by atoms with Crippen LogP contribution in [-0.4, -0.2) is 43.0 Å². The highest BCUT2D eigenvalue weighted by Crippen LogP contribution is 2.24. The molecule has 4 heteroatoms. The van der Waals surface area contributed by atoms with Gasteiger partial charge in [-0.05, 0) is 53.2 Å². The normalized spacial score (nSPS) is 20.3. The predicted octanol–water partition coefficient (Wildman–Crippen LogP) is 0.324. The molecule has 1 aliphatic carbocycles. The summed E-state index contributed by atoms with van der Waals surface area (Å²) < 4.78 is 0. The highest BCUT2D eigenvalue weighted by molar-refractivity contribution is 5.84. The molecule has 0 aromatic carbocycles. The molecule has 1 fully saturated rings. The number of carbonyl (C=O) groups excluding carboxylic acids is 1. The predicted molar refractivity (Wildman–Crippen MR) is 61.5 cm³/mol. The quantitative estimate of drug-likeness (QED) is 0.640. The number of hydrogen-bond acceptors (Lipinski definition) is 3. The van der Waals surface area contributed by atoms with Crippen LogP contribution in [0.2, 0.25) is 0 Å². The molecule has 0 aromatic rings. The van der Waals surface area contributed by atoms with Crippen LogP contribution in [0.1, 0.15) is 32.6 Å². The summed E-state index contributed by atoms with van der Waals surface area (Å²) in [5.74, 6) is -0.229. The lowest BCUT2D eigenvalue weighted by molar-refractivity contribution is -0.124. The van der Waals surface area contributed by atoms with E-state index in [1.54, 1.807) is 0 Å². The SMILES string of the molecule is CN(C)CCCC(C)(NC1CC1)C(N)=O. The minimum atomic E-state index is -0.517. The van der Waals surface area contributed by atoms with Crippen molar-refractivity contribution in [3.63, 3.8) is 0 Å². The second kappa shape index (κ2) is 4.94. The highest BCUT2D eigenvalue weighted by atomic mass is 16.1. The molecule has 1 saturated carbocycles. The van der Waals surface area contributed by atoms with Gasteiger partial charge < -0.3 is 16.0 Å². The summed E-state index contributed by atoms with van der Waals surface area (Å²) in [7, 11) is 4.08. The topological polar surface area (TPSA) is 58.4 Å².